The number of carbonyl (C=O) groups is 1. The largest absolute Gasteiger partial charge is 0.277 e. The molecule has 0 aromatic heterocycles. The van der Waals surface area contributed by atoms with Gasteiger partial charge in [-0.05, 0) is 24.6 Å². The smallest absolute Gasteiger partial charge is 0.271 e. The molecule has 0 spiro atoms. The fraction of sp³-hybridized carbons (Fsp3) is 0.300. The lowest BCUT2D eigenvalue weighted by molar-refractivity contribution is -0.0768. The topological polar surface area (TPSA) is 29.5 Å². The van der Waals surface area contributed by atoms with E-state index in [0.29, 0.717) is 28.8 Å². The molecule has 0 aliphatic carbocycles. The van der Waals surface area contributed by atoms with Crippen molar-refractivity contribution < 1.29 is 9.63 Å². The Morgan fingerprint density at radius 3 is 2.73 bits per heavy atom. The monoisotopic (exact) mass is 245 g/mol. The highest BCUT2D eigenvalue weighted by Gasteiger charge is 2.21. The Morgan fingerprint density at radius 2 is 2.13 bits per heavy atom. The van der Waals surface area contributed by atoms with Crippen molar-refractivity contribution in [3.8, 4) is 0 Å². The first kappa shape index (κ1) is 10.7. The summed E-state index contributed by atoms with van der Waals surface area (Å²) in [5.41, 5.74) is 0.492. The van der Waals surface area contributed by atoms with Crippen molar-refractivity contribution in [1.82, 2.24) is 5.06 Å². The molecule has 1 fully saturated rings. The summed E-state index contributed by atoms with van der Waals surface area (Å²) in [5, 5.41) is 2.16. The lowest BCUT2D eigenvalue weighted by Gasteiger charge is -2.13. The minimum atomic E-state index is -0.175. The molecule has 3 nitrogen and oxygen atoms in total. The average molecular weight is 246 g/mol. The van der Waals surface area contributed by atoms with Crippen LogP contribution in [0.15, 0.2) is 18.2 Å². The second kappa shape index (κ2) is 4.39. The zero-order valence-electron chi connectivity index (χ0n) is 7.87. The maximum absolute atomic E-state index is 11.8. The van der Waals surface area contributed by atoms with Crippen molar-refractivity contribution in [2.75, 3.05) is 13.2 Å². The zero-order chi connectivity index (χ0) is 10.8. The molecule has 0 unspecified atom stereocenters. The molecular weight excluding hydrogens is 237 g/mol. The van der Waals surface area contributed by atoms with Gasteiger partial charge in [0.05, 0.1) is 23.2 Å². The number of carbonyl (C=O) groups excluding carboxylic acids is 1. The van der Waals surface area contributed by atoms with E-state index in [1.807, 2.05) is 0 Å². The van der Waals surface area contributed by atoms with Crippen molar-refractivity contribution in [2.45, 2.75) is 6.42 Å². The van der Waals surface area contributed by atoms with Gasteiger partial charge in [-0.25, -0.2) is 5.06 Å². The maximum atomic E-state index is 11.8. The van der Waals surface area contributed by atoms with E-state index in [4.69, 9.17) is 28.0 Å². The quantitative estimate of drug-likeness (QED) is 0.762. The van der Waals surface area contributed by atoms with Gasteiger partial charge in [0.1, 0.15) is 0 Å². The molecule has 15 heavy (non-hydrogen) atoms. The summed E-state index contributed by atoms with van der Waals surface area (Å²) in [4.78, 5) is 17.0. The van der Waals surface area contributed by atoms with E-state index in [1.54, 1.807) is 18.2 Å². The van der Waals surface area contributed by atoms with E-state index in [2.05, 4.69) is 0 Å². The number of hydrogen-bond donors (Lipinski definition) is 0. The Morgan fingerprint density at radius 1 is 1.33 bits per heavy atom. The molecule has 1 aromatic carbocycles. The van der Waals surface area contributed by atoms with E-state index in [-0.39, 0.29) is 5.91 Å². The van der Waals surface area contributed by atoms with Crippen molar-refractivity contribution in [3.05, 3.63) is 33.8 Å². The standard InChI is InChI=1S/C10H9Cl2NO2/c11-8-3-2-7(6-9(8)12)10(14)13-4-1-5-15-13/h2-3,6H,1,4-5H2. The third-order valence-corrected chi connectivity index (χ3v) is 2.88. The van der Waals surface area contributed by atoms with Crippen LogP contribution in [0.3, 0.4) is 0 Å². The summed E-state index contributed by atoms with van der Waals surface area (Å²) in [6.07, 6.45) is 0.868. The normalized spacial score (nSPS) is 15.7. The van der Waals surface area contributed by atoms with Crippen molar-refractivity contribution in [2.24, 2.45) is 0 Å². The minimum Gasteiger partial charge on any atom is -0.271 e. The predicted octanol–water partition coefficient (Wildman–Crippen LogP) is 2.77. The van der Waals surface area contributed by atoms with E-state index >= 15 is 0 Å². The van der Waals surface area contributed by atoms with Crippen LogP contribution in [0.4, 0.5) is 0 Å². The molecule has 1 aliphatic rings. The van der Waals surface area contributed by atoms with Crippen molar-refractivity contribution >= 4 is 29.1 Å². The molecule has 0 radical (unpaired) electrons. The van der Waals surface area contributed by atoms with Crippen LogP contribution >= 0.6 is 23.2 Å². The number of hydroxylamine groups is 2. The Hall–Kier alpha value is -0.770. The molecular formula is C10H9Cl2NO2. The Labute approximate surface area is 97.5 Å². The first-order chi connectivity index (χ1) is 7.18. The molecule has 1 saturated heterocycles. The fourth-order valence-corrected chi connectivity index (χ4v) is 1.68. The van der Waals surface area contributed by atoms with Gasteiger partial charge in [0, 0.05) is 5.56 Å². The van der Waals surface area contributed by atoms with Gasteiger partial charge in [-0.3, -0.25) is 9.63 Å². The molecule has 1 amide bonds. The van der Waals surface area contributed by atoms with Gasteiger partial charge in [-0.1, -0.05) is 23.2 Å². The fourth-order valence-electron chi connectivity index (χ4n) is 1.38. The Bertz CT molecular complexity index is 389. The molecule has 1 heterocycles. The maximum Gasteiger partial charge on any atom is 0.277 e. The van der Waals surface area contributed by atoms with Crippen LogP contribution in [0, 0.1) is 0 Å². The van der Waals surface area contributed by atoms with Crippen LogP contribution in [-0.2, 0) is 4.84 Å². The Balaban J connectivity index is 2.21. The highest BCUT2D eigenvalue weighted by Crippen LogP contribution is 2.23. The Kier molecular flexibility index (Phi) is 3.14. The third kappa shape index (κ3) is 2.25. The number of nitrogens with zero attached hydrogens (tertiary/aromatic N) is 1. The van der Waals surface area contributed by atoms with Crippen molar-refractivity contribution in [3.63, 3.8) is 0 Å². The molecule has 1 aliphatic heterocycles. The highest BCUT2D eigenvalue weighted by molar-refractivity contribution is 6.42. The van der Waals surface area contributed by atoms with Gasteiger partial charge in [0.15, 0.2) is 0 Å². The minimum absolute atomic E-state index is 0.175. The molecule has 5 heteroatoms. The second-order valence-electron chi connectivity index (χ2n) is 3.22. The van der Waals surface area contributed by atoms with Crippen molar-refractivity contribution in [1.29, 1.82) is 0 Å². The lowest BCUT2D eigenvalue weighted by atomic mass is 10.2. The molecule has 1 aromatic rings. The summed E-state index contributed by atoms with van der Waals surface area (Å²) in [7, 11) is 0. The van der Waals surface area contributed by atoms with Gasteiger partial charge >= 0.3 is 0 Å². The van der Waals surface area contributed by atoms with E-state index in [0.717, 1.165) is 6.42 Å². The summed E-state index contributed by atoms with van der Waals surface area (Å²) in [6.45, 7) is 1.21. The number of halogens is 2. The average Bonchev–Trinajstić information content (AvgIpc) is 2.74. The SMILES string of the molecule is O=C(c1ccc(Cl)c(Cl)c1)N1CCCO1. The van der Waals surface area contributed by atoms with E-state index < -0.39 is 0 Å². The van der Waals surface area contributed by atoms with Gasteiger partial charge in [0.25, 0.3) is 5.91 Å². The third-order valence-electron chi connectivity index (χ3n) is 2.15. The van der Waals surface area contributed by atoms with Gasteiger partial charge in [-0.15, -0.1) is 0 Å². The number of benzene rings is 1. The number of rotatable bonds is 1. The second-order valence-corrected chi connectivity index (χ2v) is 4.04. The summed E-state index contributed by atoms with van der Waals surface area (Å²) < 4.78 is 0. The summed E-state index contributed by atoms with van der Waals surface area (Å²) in [5.74, 6) is -0.175. The van der Waals surface area contributed by atoms with Gasteiger partial charge in [-0.2, -0.15) is 0 Å². The first-order valence-electron chi connectivity index (χ1n) is 4.58. The van der Waals surface area contributed by atoms with E-state index in [9.17, 15) is 4.79 Å². The zero-order valence-corrected chi connectivity index (χ0v) is 9.38. The van der Waals surface area contributed by atoms with Gasteiger partial charge in [0.2, 0.25) is 0 Å². The van der Waals surface area contributed by atoms with Crippen LogP contribution in [0.2, 0.25) is 10.0 Å². The molecule has 2 rings (SSSR count). The summed E-state index contributed by atoms with van der Waals surface area (Å²) >= 11 is 11.6. The van der Waals surface area contributed by atoms with E-state index in [1.165, 1.54) is 5.06 Å². The number of amides is 1. The summed E-state index contributed by atoms with van der Waals surface area (Å²) in [6, 6.07) is 4.79. The van der Waals surface area contributed by atoms with Crippen LogP contribution in [-0.4, -0.2) is 24.1 Å². The molecule has 80 valence electrons. The molecule has 0 saturated carbocycles. The van der Waals surface area contributed by atoms with Crippen LogP contribution in [0.25, 0.3) is 0 Å². The van der Waals surface area contributed by atoms with Crippen LogP contribution in [0.5, 0.6) is 0 Å². The predicted molar refractivity (Wildman–Crippen MR) is 58.1 cm³/mol. The van der Waals surface area contributed by atoms with Gasteiger partial charge < -0.3 is 0 Å². The first-order valence-corrected chi connectivity index (χ1v) is 5.34. The molecule has 0 atom stereocenters. The molecule has 0 bridgehead atoms. The van der Waals surface area contributed by atoms with Crippen LogP contribution in [0.1, 0.15) is 16.8 Å². The molecule has 0 N–H and O–H groups in total. The number of hydrogen-bond acceptors (Lipinski definition) is 2. The highest BCUT2D eigenvalue weighted by atomic mass is 35.5. The lowest BCUT2D eigenvalue weighted by Crippen LogP contribution is -2.26. The van der Waals surface area contributed by atoms with Crippen LogP contribution < -0.4 is 0 Å².